The number of nitrogens with one attached hydrogen (secondary N) is 1. The molecule has 0 amide bonds. The van der Waals surface area contributed by atoms with Crippen LogP contribution in [0, 0.1) is 11.6 Å². The van der Waals surface area contributed by atoms with E-state index in [4.69, 9.17) is 10.5 Å². The van der Waals surface area contributed by atoms with Gasteiger partial charge in [-0.25, -0.2) is 13.8 Å². The number of halogens is 2. The van der Waals surface area contributed by atoms with Gasteiger partial charge >= 0.3 is 0 Å². The van der Waals surface area contributed by atoms with Gasteiger partial charge in [-0.3, -0.25) is 4.90 Å². The standard InChI is InChI=1S/C12H18F2N4O/c13-9-8-10(14)12(17-11(9)15)16-2-1-3-18-4-6-19-7-5-18/h8H,1-7H2,(H3,15,16,17). The molecule has 1 aromatic rings. The van der Waals surface area contributed by atoms with E-state index < -0.39 is 11.6 Å². The van der Waals surface area contributed by atoms with Crippen molar-refractivity contribution in [3.63, 3.8) is 0 Å². The summed E-state index contributed by atoms with van der Waals surface area (Å²) in [5, 5.41) is 2.83. The quantitative estimate of drug-likeness (QED) is 0.785. The molecular formula is C12H18F2N4O. The molecule has 0 saturated carbocycles. The molecule has 19 heavy (non-hydrogen) atoms. The van der Waals surface area contributed by atoms with Gasteiger partial charge in [0.05, 0.1) is 13.2 Å². The second-order valence-electron chi connectivity index (χ2n) is 4.42. The largest absolute Gasteiger partial charge is 0.381 e. The van der Waals surface area contributed by atoms with Crippen LogP contribution < -0.4 is 11.1 Å². The lowest BCUT2D eigenvalue weighted by molar-refractivity contribution is 0.0378. The van der Waals surface area contributed by atoms with Crippen LogP contribution >= 0.6 is 0 Å². The Morgan fingerprint density at radius 2 is 2.05 bits per heavy atom. The van der Waals surface area contributed by atoms with Gasteiger partial charge in [0.25, 0.3) is 0 Å². The average molecular weight is 272 g/mol. The molecule has 5 nitrogen and oxygen atoms in total. The highest BCUT2D eigenvalue weighted by Gasteiger charge is 2.11. The summed E-state index contributed by atoms with van der Waals surface area (Å²) in [5.74, 6) is -1.85. The second-order valence-corrected chi connectivity index (χ2v) is 4.42. The number of rotatable bonds is 5. The SMILES string of the molecule is Nc1nc(NCCCN2CCOCC2)c(F)cc1F. The Labute approximate surface area is 110 Å². The highest BCUT2D eigenvalue weighted by Crippen LogP contribution is 2.16. The van der Waals surface area contributed by atoms with Gasteiger partial charge in [0, 0.05) is 25.7 Å². The molecule has 2 rings (SSSR count). The molecule has 1 saturated heterocycles. The molecule has 3 N–H and O–H groups in total. The molecule has 1 aliphatic rings. The second kappa shape index (κ2) is 6.63. The molecule has 1 aromatic heterocycles. The Morgan fingerprint density at radius 1 is 1.32 bits per heavy atom. The predicted molar refractivity (Wildman–Crippen MR) is 68.9 cm³/mol. The number of pyridine rings is 1. The van der Waals surface area contributed by atoms with E-state index in [0.717, 1.165) is 45.3 Å². The van der Waals surface area contributed by atoms with E-state index in [-0.39, 0.29) is 11.6 Å². The molecule has 0 spiro atoms. The van der Waals surface area contributed by atoms with Crippen LogP contribution in [0.4, 0.5) is 20.4 Å². The zero-order chi connectivity index (χ0) is 13.7. The molecule has 0 aliphatic carbocycles. The lowest BCUT2D eigenvalue weighted by Gasteiger charge is -2.26. The maximum atomic E-state index is 13.4. The third-order valence-electron chi connectivity index (χ3n) is 3.00. The number of ether oxygens (including phenoxy) is 1. The number of nitrogens with two attached hydrogens (primary N) is 1. The van der Waals surface area contributed by atoms with Crippen LogP contribution in [0.25, 0.3) is 0 Å². The van der Waals surface area contributed by atoms with Gasteiger partial charge in [-0.1, -0.05) is 0 Å². The normalized spacial score (nSPS) is 16.5. The van der Waals surface area contributed by atoms with Crippen molar-refractivity contribution in [2.45, 2.75) is 6.42 Å². The molecule has 0 bridgehead atoms. The summed E-state index contributed by atoms with van der Waals surface area (Å²) in [4.78, 5) is 5.93. The van der Waals surface area contributed by atoms with E-state index in [1.165, 1.54) is 0 Å². The minimum absolute atomic E-state index is 0.000812. The maximum absolute atomic E-state index is 13.4. The first-order valence-corrected chi connectivity index (χ1v) is 6.32. The van der Waals surface area contributed by atoms with Crippen molar-refractivity contribution in [2.75, 3.05) is 50.4 Å². The van der Waals surface area contributed by atoms with E-state index in [0.29, 0.717) is 6.54 Å². The number of hydrogen-bond acceptors (Lipinski definition) is 5. The van der Waals surface area contributed by atoms with Gasteiger partial charge < -0.3 is 15.8 Å². The van der Waals surface area contributed by atoms with Gasteiger partial charge in [-0.2, -0.15) is 0 Å². The Bertz CT molecular complexity index is 424. The van der Waals surface area contributed by atoms with Gasteiger partial charge in [-0.05, 0) is 13.0 Å². The topological polar surface area (TPSA) is 63.4 Å². The number of morpholine rings is 1. The Morgan fingerprint density at radius 3 is 2.79 bits per heavy atom. The van der Waals surface area contributed by atoms with E-state index >= 15 is 0 Å². The molecule has 1 aliphatic heterocycles. The highest BCUT2D eigenvalue weighted by atomic mass is 19.1. The Hall–Kier alpha value is -1.47. The fourth-order valence-corrected chi connectivity index (χ4v) is 1.94. The average Bonchev–Trinajstić information content (AvgIpc) is 2.41. The molecular weight excluding hydrogens is 254 g/mol. The molecule has 2 heterocycles. The number of nitrogens with zero attached hydrogens (tertiary/aromatic N) is 2. The van der Waals surface area contributed by atoms with Gasteiger partial charge in [-0.15, -0.1) is 0 Å². The molecule has 0 aromatic carbocycles. The third-order valence-corrected chi connectivity index (χ3v) is 3.00. The van der Waals surface area contributed by atoms with Crippen LogP contribution in [0.15, 0.2) is 6.07 Å². The monoisotopic (exact) mass is 272 g/mol. The number of anilines is 2. The van der Waals surface area contributed by atoms with Crippen molar-refractivity contribution in [1.29, 1.82) is 0 Å². The summed E-state index contributed by atoms with van der Waals surface area (Å²) in [5.41, 5.74) is 5.30. The molecule has 7 heteroatoms. The predicted octanol–water partition coefficient (Wildman–Crippen LogP) is 1.08. The minimum atomic E-state index is -0.837. The summed E-state index contributed by atoms with van der Waals surface area (Å²) in [7, 11) is 0. The number of aromatic nitrogens is 1. The maximum Gasteiger partial charge on any atom is 0.168 e. The van der Waals surface area contributed by atoms with Crippen LogP contribution in [0.1, 0.15) is 6.42 Å². The van der Waals surface area contributed by atoms with Crippen LogP contribution in [0.3, 0.4) is 0 Å². The van der Waals surface area contributed by atoms with Gasteiger partial charge in [0.2, 0.25) is 0 Å². The van der Waals surface area contributed by atoms with E-state index in [1.54, 1.807) is 0 Å². The third kappa shape index (κ3) is 4.00. The van der Waals surface area contributed by atoms with E-state index in [2.05, 4.69) is 15.2 Å². The highest BCUT2D eigenvalue weighted by molar-refractivity contribution is 5.44. The minimum Gasteiger partial charge on any atom is -0.381 e. The van der Waals surface area contributed by atoms with Crippen molar-refractivity contribution in [3.8, 4) is 0 Å². The first-order valence-electron chi connectivity index (χ1n) is 6.32. The zero-order valence-corrected chi connectivity index (χ0v) is 10.7. The summed E-state index contributed by atoms with van der Waals surface area (Å²) < 4.78 is 31.5. The Balaban J connectivity index is 1.74. The van der Waals surface area contributed by atoms with Crippen molar-refractivity contribution in [2.24, 2.45) is 0 Å². The molecule has 0 atom stereocenters. The summed E-state index contributed by atoms with van der Waals surface area (Å²) >= 11 is 0. The van der Waals surface area contributed by atoms with Crippen molar-refractivity contribution < 1.29 is 13.5 Å². The number of nitrogen functional groups attached to an aromatic ring is 1. The van der Waals surface area contributed by atoms with Crippen LogP contribution in [0.2, 0.25) is 0 Å². The fourth-order valence-electron chi connectivity index (χ4n) is 1.94. The van der Waals surface area contributed by atoms with Crippen LogP contribution in [-0.4, -0.2) is 49.3 Å². The van der Waals surface area contributed by atoms with E-state index in [9.17, 15) is 8.78 Å². The smallest absolute Gasteiger partial charge is 0.168 e. The first kappa shape index (κ1) is 14.0. The number of hydrogen-bond donors (Lipinski definition) is 2. The fraction of sp³-hybridized carbons (Fsp3) is 0.583. The molecule has 106 valence electrons. The van der Waals surface area contributed by atoms with Gasteiger partial charge in [0.15, 0.2) is 23.3 Å². The lowest BCUT2D eigenvalue weighted by Crippen LogP contribution is -2.37. The summed E-state index contributed by atoms with van der Waals surface area (Å²) in [6.07, 6.45) is 0.846. The van der Waals surface area contributed by atoms with Gasteiger partial charge in [0.1, 0.15) is 0 Å². The van der Waals surface area contributed by atoms with Crippen molar-refractivity contribution in [1.82, 2.24) is 9.88 Å². The molecule has 0 radical (unpaired) electrons. The summed E-state index contributed by atoms with van der Waals surface area (Å²) in [6, 6.07) is 0.743. The zero-order valence-electron chi connectivity index (χ0n) is 10.7. The van der Waals surface area contributed by atoms with E-state index in [1.807, 2.05) is 0 Å². The first-order chi connectivity index (χ1) is 9.16. The summed E-state index contributed by atoms with van der Waals surface area (Å²) in [6.45, 7) is 4.85. The lowest BCUT2D eigenvalue weighted by atomic mass is 10.3. The molecule has 0 unspecified atom stereocenters. The Kier molecular flexibility index (Phi) is 4.86. The van der Waals surface area contributed by atoms with Crippen LogP contribution in [-0.2, 0) is 4.74 Å². The van der Waals surface area contributed by atoms with Crippen LogP contribution in [0.5, 0.6) is 0 Å². The van der Waals surface area contributed by atoms with Crippen molar-refractivity contribution >= 4 is 11.6 Å². The van der Waals surface area contributed by atoms with Crippen molar-refractivity contribution in [3.05, 3.63) is 17.7 Å². The molecule has 1 fully saturated rings.